The molecule has 1 atom stereocenters. The largest absolute Gasteiger partial charge is 0.350 e. The molecule has 1 saturated heterocycles. The Hall–Kier alpha value is -2.59. The van der Waals surface area contributed by atoms with E-state index in [0.717, 1.165) is 38.0 Å². The van der Waals surface area contributed by atoms with Gasteiger partial charge in [0, 0.05) is 48.8 Å². The van der Waals surface area contributed by atoms with Crippen LogP contribution in [0.3, 0.4) is 0 Å². The molecule has 3 aromatic rings. The molecule has 1 unspecified atom stereocenters. The number of amides is 1. The second-order valence-corrected chi connectivity index (χ2v) is 8.68. The van der Waals surface area contributed by atoms with E-state index < -0.39 is 0 Å². The maximum Gasteiger partial charge on any atom is 0.253 e. The lowest BCUT2D eigenvalue weighted by Gasteiger charge is -2.24. The Morgan fingerprint density at radius 1 is 1.13 bits per heavy atom. The minimum absolute atomic E-state index is 0.165. The van der Waals surface area contributed by atoms with Crippen LogP contribution in [-0.4, -0.2) is 53.0 Å². The fraction of sp³-hybridized carbons (Fsp3) is 0.423. The van der Waals surface area contributed by atoms with Crippen LogP contribution in [0.25, 0.3) is 10.9 Å². The van der Waals surface area contributed by atoms with Crippen molar-refractivity contribution in [3.05, 3.63) is 71.4 Å². The molecule has 4 nitrogen and oxygen atoms in total. The summed E-state index contributed by atoms with van der Waals surface area (Å²) in [7, 11) is 4.28. The van der Waals surface area contributed by atoms with Crippen LogP contribution in [0, 0.1) is 0 Å². The van der Waals surface area contributed by atoms with Gasteiger partial charge >= 0.3 is 0 Å². The van der Waals surface area contributed by atoms with Gasteiger partial charge < -0.3 is 14.4 Å². The third kappa shape index (κ3) is 4.29. The Labute approximate surface area is 180 Å². The fourth-order valence-electron chi connectivity index (χ4n) is 4.61. The third-order valence-corrected chi connectivity index (χ3v) is 6.51. The van der Waals surface area contributed by atoms with Crippen LogP contribution in [0.5, 0.6) is 0 Å². The monoisotopic (exact) mass is 403 g/mol. The van der Waals surface area contributed by atoms with E-state index in [4.69, 9.17) is 0 Å². The molecule has 0 spiro atoms. The number of rotatable bonds is 7. The SMILES string of the molecule is CCCCN(C)C1CCN(C(=O)c2ccc(Cc3cn(C)c4ccccc34)cc2)C1. The average molecular weight is 404 g/mol. The highest BCUT2D eigenvalue weighted by Gasteiger charge is 2.29. The van der Waals surface area contributed by atoms with E-state index in [2.05, 4.69) is 73.1 Å². The Kier molecular flexibility index (Phi) is 6.24. The van der Waals surface area contributed by atoms with Gasteiger partial charge in [-0.1, -0.05) is 43.7 Å². The summed E-state index contributed by atoms with van der Waals surface area (Å²) in [6.07, 6.45) is 6.60. The molecule has 4 heteroatoms. The van der Waals surface area contributed by atoms with Gasteiger partial charge in [-0.15, -0.1) is 0 Å². The van der Waals surface area contributed by atoms with Gasteiger partial charge in [0.05, 0.1) is 0 Å². The summed E-state index contributed by atoms with van der Waals surface area (Å²) in [5.41, 5.74) is 4.62. The molecule has 0 radical (unpaired) electrons. The highest BCUT2D eigenvalue weighted by atomic mass is 16.2. The zero-order valence-electron chi connectivity index (χ0n) is 18.5. The molecule has 4 rings (SSSR count). The number of likely N-dealkylation sites (N-methyl/N-ethyl adjacent to an activating group) is 1. The van der Waals surface area contributed by atoms with Gasteiger partial charge in [0.25, 0.3) is 5.91 Å². The number of unbranched alkanes of at least 4 members (excludes halogenated alkanes) is 1. The first-order chi connectivity index (χ1) is 14.6. The number of benzene rings is 2. The van der Waals surface area contributed by atoms with Gasteiger partial charge in [-0.25, -0.2) is 0 Å². The van der Waals surface area contributed by atoms with Gasteiger partial charge in [0.2, 0.25) is 0 Å². The van der Waals surface area contributed by atoms with Crippen molar-refractivity contribution in [2.45, 2.75) is 38.6 Å². The zero-order chi connectivity index (χ0) is 21.1. The number of nitrogens with zero attached hydrogens (tertiary/aromatic N) is 3. The second kappa shape index (κ2) is 9.05. The Balaban J connectivity index is 1.40. The number of aromatic nitrogens is 1. The number of fused-ring (bicyclic) bond motifs is 1. The highest BCUT2D eigenvalue weighted by molar-refractivity contribution is 5.94. The third-order valence-electron chi connectivity index (χ3n) is 6.51. The van der Waals surface area contributed by atoms with Crippen molar-refractivity contribution < 1.29 is 4.79 Å². The number of aryl methyl sites for hydroxylation is 1. The molecule has 158 valence electrons. The van der Waals surface area contributed by atoms with Gasteiger partial charge in [-0.05, 0) is 62.2 Å². The lowest BCUT2D eigenvalue weighted by atomic mass is 10.0. The molecule has 0 N–H and O–H groups in total. The molecular weight excluding hydrogens is 370 g/mol. The molecule has 0 bridgehead atoms. The van der Waals surface area contributed by atoms with Crippen molar-refractivity contribution in [3.63, 3.8) is 0 Å². The highest BCUT2D eigenvalue weighted by Crippen LogP contribution is 2.24. The molecule has 2 heterocycles. The van der Waals surface area contributed by atoms with Gasteiger partial charge in [-0.2, -0.15) is 0 Å². The van der Waals surface area contributed by atoms with Crippen molar-refractivity contribution in [2.24, 2.45) is 7.05 Å². The van der Waals surface area contributed by atoms with E-state index in [1.54, 1.807) is 0 Å². The maximum absolute atomic E-state index is 13.0. The topological polar surface area (TPSA) is 28.5 Å². The average Bonchev–Trinajstić information content (AvgIpc) is 3.38. The van der Waals surface area contributed by atoms with Crippen LogP contribution >= 0.6 is 0 Å². The van der Waals surface area contributed by atoms with Crippen molar-refractivity contribution in [1.82, 2.24) is 14.4 Å². The van der Waals surface area contributed by atoms with Crippen molar-refractivity contribution >= 4 is 16.8 Å². The molecule has 0 aliphatic carbocycles. The Bertz CT molecular complexity index is 1000. The van der Waals surface area contributed by atoms with Crippen LogP contribution in [0.1, 0.15) is 47.7 Å². The molecule has 1 amide bonds. The first-order valence-corrected chi connectivity index (χ1v) is 11.2. The fourth-order valence-corrected chi connectivity index (χ4v) is 4.61. The number of hydrogen-bond donors (Lipinski definition) is 0. The maximum atomic E-state index is 13.0. The van der Waals surface area contributed by atoms with Gasteiger partial charge in [0.15, 0.2) is 0 Å². The quantitative estimate of drug-likeness (QED) is 0.571. The van der Waals surface area contributed by atoms with Crippen molar-refractivity contribution in [2.75, 3.05) is 26.7 Å². The molecule has 1 fully saturated rings. The summed E-state index contributed by atoms with van der Waals surface area (Å²) in [5.74, 6) is 0.165. The van der Waals surface area contributed by atoms with E-state index in [1.165, 1.54) is 34.9 Å². The number of hydrogen-bond acceptors (Lipinski definition) is 2. The predicted octanol–water partition coefficient (Wildman–Crippen LogP) is 4.72. The van der Waals surface area contributed by atoms with E-state index in [-0.39, 0.29) is 5.91 Å². The zero-order valence-corrected chi connectivity index (χ0v) is 18.5. The summed E-state index contributed by atoms with van der Waals surface area (Å²) in [4.78, 5) is 17.4. The van der Waals surface area contributed by atoms with Crippen molar-refractivity contribution in [3.8, 4) is 0 Å². The summed E-state index contributed by atoms with van der Waals surface area (Å²) in [6.45, 7) is 5.04. The van der Waals surface area contributed by atoms with Crippen LogP contribution in [0.15, 0.2) is 54.7 Å². The molecule has 1 aliphatic rings. The van der Waals surface area contributed by atoms with Crippen LogP contribution in [0.4, 0.5) is 0 Å². The predicted molar refractivity (Wildman–Crippen MR) is 124 cm³/mol. The summed E-state index contributed by atoms with van der Waals surface area (Å²) >= 11 is 0. The number of para-hydroxylation sites is 1. The van der Waals surface area contributed by atoms with E-state index in [1.807, 2.05) is 17.0 Å². The second-order valence-electron chi connectivity index (χ2n) is 8.68. The first kappa shape index (κ1) is 20.7. The van der Waals surface area contributed by atoms with Crippen LogP contribution in [-0.2, 0) is 13.5 Å². The number of carbonyl (C=O) groups excluding carboxylic acids is 1. The smallest absolute Gasteiger partial charge is 0.253 e. The van der Waals surface area contributed by atoms with E-state index in [0.29, 0.717) is 6.04 Å². The lowest BCUT2D eigenvalue weighted by Crippen LogP contribution is -2.37. The Morgan fingerprint density at radius 3 is 2.67 bits per heavy atom. The Morgan fingerprint density at radius 2 is 1.90 bits per heavy atom. The first-order valence-electron chi connectivity index (χ1n) is 11.2. The molecule has 1 aliphatic heterocycles. The van der Waals surface area contributed by atoms with Crippen LogP contribution in [0.2, 0.25) is 0 Å². The number of likely N-dealkylation sites (tertiary alicyclic amines) is 1. The summed E-state index contributed by atoms with van der Waals surface area (Å²) in [5, 5.41) is 1.30. The summed E-state index contributed by atoms with van der Waals surface area (Å²) in [6, 6.07) is 17.2. The lowest BCUT2D eigenvalue weighted by molar-refractivity contribution is 0.0780. The standard InChI is InChI=1S/C26H33N3O/c1-4-5-15-27(2)23-14-16-29(19-23)26(30)21-12-10-20(11-13-21)17-22-18-28(3)25-9-7-6-8-24(22)25/h6-13,18,23H,4-5,14-17,19H2,1-3H3. The molecular formula is C26H33N3O. The van der Waals surface area contributed by atoms with Crippen molar-refractivity contribution in [1.29, 1.82) is 0 Å². The normalized spacial score (nSPS) is 16.7. The van der Waals surface area contributed by atoms with Crippen LogP contribution < -0.4 is 0 Å². The summed E-state index contributed by atoms with van der Waals surface area (Å²) < 4.78 is 2.18. The van der Waals surface area contributed by atoms with Gasteiger partial charge in [-0.3, -0.25) is 4.79 Å². The molecule has 2 aromatic carbocycles. The number of carbonyl (C=O) groups is 1. The minimum atomic E-state index is 0.165. The van der Waals surface area contributed by atoms with E-state index in [9.17, 15) is 4.79 Å². The molecule has 30 heavy (non-hydrogen) atoms. The van der Waals surface area contributed by atoms with Gasteiger partial charge in [0.1, 0.15) is 0 Å². The van der Waals surface area contributed by atoms with E-state index >= 15 is 0 Å². The minimum Gasteiger partial charge on any atom is -0.350 e. The molecule has 1 aromatic heterocycles. The molecule has 0 saturated carbocycles.